The van der Waals surface area contributed by atoms with Crippen molar-refractivity contribution in [2.24, 2.45) is 0 Å². The highest BCUT2D eigenvalue weighted by atomic mass is 32.2. The van der Waals surface area contributed by atoms with E-state index in [0.717, 1.165) is 42.0 Å². The van der Waals surface area contributed by atoms with Crippen LogP contribution < -0.4 is 9.62 Å². The number of hydrogen-bond donors (Lipinski definition) is 2. The van der Waals surface area contributed by atoms with Gasteiger partial charge in [-0.1, -0.05) is 30.3 Å². The third-order valence-electron chi connectivity index (χ3n) is 4.85. The van der Waals surface area contributed by atoms with Gasteiger partial charge in [-0.05, 0) is 30.5 Å². The molecule has 3 heterocycles. The smallest absolute Gasteiger partial charge is 0.216 e. The largest absolute Gasteiger partial charge is 0.354 e. The molecule has 0 aliphatic carbocycles. The number of rotatable bonds is 6. The number of aromatic amines is 1. The van der Waals surface area contributed by atoms with Crippen LogP contribution in [-0.2, 0) is 15.8 Å². The maximum Gasteiger partial charge on any atom is 0.216 e. The SMILES string of the molecule is O=S(=O)(Cc1ccccc1)NC1CCCN(c2cc(-c3ccncc3)[nH]n2)C1. The topological polar surface area (TPSA) is 91.0 Å². The Hall–Kier alpha value is -2.71. The Labute approximate surface area is 164 Å². The van der Waals surface area contributed by atoms with Gasteiger partial charge in [-0.2, -0.15) is 5.10 Å². The minimum Gasteiger partial charge on any atom is -0.354 e. The highest BCUT2D eigenvalue weighted by Gasteiger charge is 2.25. The summed E-state index contributed by atoms with van der Waals surface area (Å²) in [5.74, 6) is 0.831. The van der Waals surface area contributed by atoms with E-state index in [9.17, 15) is 8.42 Å². The molecule has 2 N–H and O–H groups in total. The lowest BCUT2D eigenvalue weighted by Crippen LogP contribution is -2.48. The van der Waals surface area contributed by atoms with E-state index in [2.05, 4.69) is 24.8 Å². The molecule has 1 aromatic carbocycles. The molecule has 146 valence electrons. The third-order valence-corrected chi connectivity index (χ3v) is 6.25. The molecule has 4 rings (SSSR count). The normalized spacial score (nSPS) is 17.6. The first-order chi connectivity index (χ1) is 13.6. The zero-order valence-corrected chi connectivity index (χ0v) is 16.3. The number of benzene rings is 1. The van der Waals surface area contributed by atoms with Crippen molar-refractivity contribution in [1.29, 1.82) is 0 Å². The fourth-order valence-corrected chi connectivity index (χ4v) is 4.94. The van der Waals surface area contributed by atoms with Gasteiger partial charge in [-0.15, -0.1) is 0 Å². The summed E-state index contributed by atoms with van der Waals surface area (Å²) < 4.78 is 28.0. The molecule has 8 heteroatoms. The Morgan fingerprint density at radius 2 is 1.93 bits per heavy atom. The molecule has 0 spiro atoms. The molecule has 1 fully saturated rings. The molecule has 7 nitrogen and oxygen atoms in total. The van der Waals surface area contributed by atoms with E-state index in [-0.39, 0.29) is 11.8 Å². The third kappa shape index (κ3) is 4.58. The summed E-state index contributed by atoms with van der Waals surface area (Å²) in [7, 11) is -3.39. The highest BCUT2D eigenvalue weighted by molar-refractivity contribution is 7.88. The van der Waals surface area contributed by atoms with Crippen LogP contribution >= 0.6 is 0 Å². The van der Waals surface area contributed by atoms with Gasteiger partial charge in [-0.25, -0.2) is 13.1 Å². The molecule has 28 heavy (non-hydrogen) atoms. The molecule has 1 atom stereocenters. The molecule has 1 aliphatic rings. The zero-order chi connectivity index (χ0) is 19.4. The molecule has 3 aromatic rings. The van der Waals surface area contributed by atoms with Gasteiger partial charge in [0, 0.05) is 43.2 Å². The number of hydrogen-bond acceptors (Lipinski definition) is 5. The molecule has 1 saturated heterocycles. The molecule has 0 bridgehead atoms. The second-order valence-corrected chi connectivity index (χ2v) is 8.78. The second-order valence-electron chi connectivity index (χ2n) is 7.02. The Balaban J connectivity index is 1.41. The quantitative estimate of drug-likeness (QED) is 0.667. The number of nitrogens with one attached hydrogen (secondary N) is 2. The fraction of sp³-hybridized carbons (Fsp3) is 0.300. The van der Waals surface area contributed by atoms with E-state index in [1.54, 1.807) is 12.4 Å². The lowest BCUT2D eigenvalue weighted by molar-refractivity contribution is 0.463. The summed E-state index contributed by atoms with van der Waals surface area (Å²) in [6.45, 7) is 1.46. The van der Waals surface area contributed by atoms with Crippen LogP contribution in [0, 0.1) is 0 Å². The van der Waals surface area contributed by atoms with Crippen LogP contribution in [0.1, 0.15) is 18.4 Å². The van der Waals surface area contributed by atoms with E-state index in [4.69, 9.17) is 0 Å². The maximum atomic E-state index is 12.5. The van der Waals surface area contributed by atoms with Crippen LogP contribution in [0.2, 0.25) is 0 Å². The average Bonchev–Trinajstić information content (AvgIpc) is 3.19. The van der Waals surface area contributed by atoms with Crippen LogP contribution in [0.5, 0.6) is 0 Å². The van der Waals surface area contributed by atoms with Crippen LogP contribution in [0.3, 0.4) is 0 Å². The molecular weight excluding hydrogens is 374 g/mol. The lowest BCUT2D eigenvalue weighted by Gasteiger charge is -2.33. The first-order valence-corrected chi connectivity index (χ1v) is 11.0. The van der Waals surface area contributed by atoms with Gasteiger partial charge in [0.2, 0.25) is 10.0 Å². The number of anilines is 1. The van der Waals surface area contributed by atoms with Gasteiger partial charge in [0.05, 0.1) is 11.4 Å². The standard InChI is InChI=1S/C20H23N5O2S/c26-28(27,15-16-5-2-1-3-6-16)24-18-7-4-12-25(14-18)20-13-19(22-23-20)17-8-10-21-11-9-17/h1-3,5-6,8-11,13,18,24H,4,7,12,14-15H2,(H,22,23). The Kier molecular flexibility index (Phi) is 5.40. The average molecular weight is 398 g/mol. The van der Waals surface area contributed by atoms with Gasteiger partial charge >= 0.3 is 0 Å². The van der Waals surface area contributed by atoms with E-state index in [1.165, 1.54) is 0 Å². The number of pyridine rings is 1. The summed E-state index contributed by atoms with van der Waals surface area (Å²) in [4.78, 5) is 6.16. The van der Waals surface area contributed by atoms with Crippen molar-refractivity contribution < 1.29 is 8.42 Å². The number of sulfonamides is 1. The van der Waals surface area contributed by atoms with Gasteiger partial charge in [0.15, 0.2) is 5.82 Å². The van der Waals surface area contributed by atoms with Crippen molar-refractivity contribution in [2.75, 3.05) is 18.0 Å². The van der Waals surface area contributed by atoms with Gasteiger partial charge in [-0.3, -0.25) is 10.1 Å². The van der Waals surface area contributed by atoms with Crippen molar-refractivity contribution in [3.63, 3.8) is 0 Å². The minimum absolute atomic E-state index is 0.00106. The zero-order valence-electron chi connectivity index (χ0n) is 15.5. The van der Waals surface area contributed by atoms with Crippen molar-refractivity contribution in [2.45, 2.75) is 24.6 Å². The van der Waals surface area contributed by atoms with E-state index in [1.807, 2.05) is 48.5 Å². The van der Waals surface area contributed by atoms with Crippen LogP contribution in [0.4, 0.5) is 5.82 Å². The predicted molar refractivity (Wildman–Crippen MR) is 109 cm³/mol. The predicted octanol–water partition coefficient (Wildman–Crippen LogP) is 2.56. The molecule has 0 saturated carbocycles. The summed E-state index contributed by atoms with van der Waals surface area (Å²) in [6, 6.07) is 15.0. The van der Waals surface area contributed by atoms with Gasteiger partial charge in [0.25, 0.3) is 0 Å². The minimum atomic E-state index is -3.39. The number of aromatic nitrogens is 3. The summed E-state index contributed by atoms with van der Waals surface area (Å²) in [5, 5.41) is 7.48. The summed E-state index contributed by atoms with van der Waals surface area (Å²) >= 11 is 0. The van der Waals surface area contributed by atoms with E-state index in [0.29, 0.717) is 6.54 Å². The number of piperidine rings is 1. The van der Waals surface area contributed by atoms with Gasteiger partial charge < -0.3 is 4.90 Å². The lowest BCUT2D eigenvalue weighted by atomic mass is 10.1. The molecule has 0 amide bonds. The molecule has 1 unspecified atom stereocenters. The van der Waals surface area contributed by atoms with E-state index >= 15 is 0 Å². The van der Waals surface area contributed by atoms with Crippen molar-refractivity contribution in [1.82, 2.24) is 19.9 Å². The summed E-state index contributed by atoms with van der Waals surface area (Å²) in [5.41, 5.74) is 2.73. The number of H-pyrrole nitrogens is 1. The molecule has 2 aromatic heterocycles. The van der Waals surface area contributed by atoms with Crippen molar-refractivity contribution >= 4 is 15.8 Å². The Morgan fingerprint density at radius 1 is 1.14 bits per heavy atom. The molecular formula is C20H23N5O2S. The first-order valence-electron chi connectivity index (χ1n) is 9.34. The Bertz CT molecular complexity index is 1010. The van der Waals surface area contributed by atoms with Crippen LogP contribution in [0.15, 0.2) is 60.9 Å². The van der Waals surface area contributed by atoms with Gasteiger partial charge in [0.1, 0.15) is 0 Å². The fourth-order valence-electron chi connectivity index (χ4n) is 3.52. The monoisotopic (exact) mass is 397 g/mol. The van der Waals surface area contributed by atoms with Crippen molar-refractivity contribution in [3.05, 3.63) is 66.5 Å². The maximum absolute atomic E-state index is 12.5. The van der Waals surface area contributed by atoms with Crippen LogP contribution in [-0.4, -0.2) is 42.7 Å². The second kappa shape index (κ2) is 8.12. The first kappa shape index (κ1) is 18.6. The molecule has 1 aliphatic heterocycles. The van der Waals surface area contributed by atoms with Crippen molar-refractivity contribution in [3.8, 4) is 11.3 Å². The number of nitrogens with zero attached hydrogens (tertiary/aromatic N) is 3. The molecule has 0 radical (unpaired) electrons. The van der Waals surface area contributed by atoms with E-state index < -0.39 is 10.0 Å². The summed E-state index contributed by atoms with van der Waals surface area (Å²) in [6.07, 6.45) is 5.23. The van der Waals surface area contributed by atoms with Crippen LogP contribution in [0.25, 0.3) is 11.3 Å². The Morgan fingerprint density at radius 3 is 2.71 bits per heavy atom. The highest BCUT2D eigenvalue weighted by Crippen LogP contribution is 2.24.